The molecular formula is C19H23N5O3. The van der Waals surface area contributed by atoms with Gasteiger partial charge >= 0.3 is 12.0 Å². The zero-order chi connectivity index (χ0) is 18.8. The van der Waals surface area contributed by atoms with E-state index in [0.717, 1.165) is 18.5 Å². The Labute approximate surface area is 157 Å². The lowest BCUT2D eigenvalue weighted by Gasteiger charge is -2.32. The van der Waals surface area contributed by atoms with Gasteiger partial charge in [0.2, 0.25) is 0 Å². The number of hydrogen-bond donors (Lipinski definition) is 1. The summed E-state index contributed by atoms with van der Waals surface area (Å²) in [5.74, 6) is 0.127. The average molecular weight is 369 g/mol. The molecule has 2 aromatic rings. The molecule has 8 nitrogen and oxygen atoms in total. The molecular weight excluding hydrogens is 346 g/mol. The highest BCUT2D eigenvalue weighted by Gasteiger charge is 2.29. The summed E-state index contributed by atoms with van der Waals surface area (Å²) in [6.45, 7) is 1.27. The number of hydrogen-bond acceptors (Lipinski definition) is 5. The van der Waals surface area contributed by atoms with E-state index in [4.69, 9.17) is 4.74 Å². The fourth-order valence-electron chi connectivity index (χ4n) is 3.44. The van der Waals surface area contributed by atoms with Gasteiger partial charge in [0.1, 0.15) is 0 Å². The van der Waals surface area contributed by atoms with Crippen LogP contribution in [0.3, 0.4) is 0 Å². The second-order valence-electron chi connectivity index (χ2n) is 7.08. The second-order valence-corrected chi connectivity index (χ2v) is 7.08. The largest absolute Gasteiger partial charge is 0.465 e. The van der Waals surface area contributed by atoms with Gasteiger partial charge in [-0.05, 0) is 37.8 Å². The molecule has 1 aromatic heterocycles. The van der Waals surface area contributed by atoms with Gasteiger partial charge in [0.25, 0.3) is 0 Å². The van der Waals surface area contributed by atoms with Gasteiger partial charge in [0, 0.05) is 25.2 Å². The molecule has 27 heavy (non-hydrogen) atoms. The van der Waals surface area contributed by atoms with Gasteiger partial charge in [-0.1, -0.05) is 17.3 Å². The molecule has 1 N–H and O–H groups in total. The van der Waals surface area contributed by atoms with Crippen LogP contribution in [0.15, 0.2) is 30.5 Å². The molecule has 2 heterocycles. The van der Waals surface area contributed by atoms with E-state index in [1.807, 2.05) is 4.68 Å². The van der Waals surface area contributed by atoms with Crippen LogP contribution in [0.1, 0.15) is 53.7 Å². The lowest BCUT2D eigenvalue weighted by atomic mass is 10.1. The highest BCUT2D eigenvalue weighted by atomic mass is 16.5. The molecule has 2 amide bonds. The van der Waals surface area contributed by atoms with Crippen LogP contribution in [0.4, 0.5) is 10.5 Å². The quantitative estimate of drug-likeness (QED) is 0.837. The van der Waals surface area contributed by atoms with E-state index < -0.39 is 5.97 Å². The van der Waals surface area contributed by atoms with Crippen LogP contribution in [-0.2, 0) is 4.74 Å². The Morgan fingerprint density at radius 3 is 2.59 bits per heavy atom. The predicted molar refractivity (Wildman–Crippen MR) is 98.6 cm³/mol. The molecule has 0 atom stereocenters. The summed E-state index contributed by atoms with van der Waals surface area (Å²) in [5.41, 5.74) is 1.90. The number of anilines is 1. The van der Waals surface area contributed by atoms with Gasteiger partial charge in [-0.2, -0.15) is 0 Å². The number of aromatic nitrogens is 3. The Balaban J connectivity index is 1.35. The van der Waals surface area contributed by atoms with Crippen molar-refractivity contribution in [3.63, 3.8) is 0 Å². The topological polar surface area (TPSA) is 89.4 Å². The number of esters is 1. The number of likely N-dealkylation sites (tertiary alicyclic amines) is 1. The van der Waals surface area contributed by atoms with Crippen LogP contribution < -0.4 is 5.32 Å². The van der Waals surface area contributed by atoms with E-state index in [0.29, 0.717) is 30.3 Å². The van der Waals surface area contributed by atoms with E-state index in [2.05, 4.69) is 21.8 Å². The molecule has 0 spiro atoms. The standard InChI is InChI=1S/C19H23N5O3/c1-27-18(25)15-4-2-3-5-16(15)20-19(26)23-10-8-14(9-11-23)24-12-17(21-22-24)13-6-7-13/h2-5,12-14H,6-11H2,1H3,(H,20,26). The van der Waals surface area contributed by atoms with E-state index in [-0.39, 0.29) is 12.1 Å². The first-order valence-corrected chi connectivity index (χ1v) is 9.30. The summed E-state index contributed by atoms with van der Waals surface area (Å²) in [6.07, 6.45) is 6.15. The van der Waals surface area contributed by atoms with Gasteiger partial charge < -0.3 is 15.0 Å². The van der Waals surface area contributed by atoms with Crippen LogP contribution in [0, 0.1) is 0 Å². The number of methoxy groups -OCH3 is 1. The third kappa shape index (κ3) is 3.79. The first-order chi connectivity index (χ1) is 13.2. The number of carbonyl (C=O) groups excluding carboxylic acids is 2. The summed E-state index contributed by atoms with van der Waals surface area (Å²) >= 11 is 0. The van der Waals surface area contributed by atoms with Crippen molar-refractivity contribution in [3.8, 4) is 0 Å². The summed E-state index contributed by atoms with van der Waals surface area (Å²) in [6, 6.07) is 6.91. The molecule has 0 bridgehead atoms. The molecule has 1 saturated heterocycles. The number of nitrogens with one attached hydrogen (secondary N) is 1. The lowest BCUT2D eigenvalue weighted by Crippen LogP contribution is -2.41. The van der Waals surface area contributed by atoms with E-state index >= 15 is 0 Å². The minimum atomic E-state index is -0.470. The Morgan fingerprint density at radius 2 is 1.89 bits per heavy atom. The number of amides is 2. The molecule has 4 rings (SSSR count). The molecule has 1 saturated carbocycles. The van der Waals surface area contributed by atoms with Crippen LogP contribution in [0.2, 0.25) is 0 Å². The van der Waals surface area contributed by atoms with Crippen LogP contribution in [0.5, 0.6) is 0 Å². The summed E-state index contributed by atoms with van der Waals surface area (Å²) in [5, 5.41) is 11.4. The maximum Gasteiger partial charge on any atom is 0.339 e. The lowest BCUT2D eigenvalue weighted by molar-refractivity contribution is 0.0602. The fourth-order valence-corrected chi connectivity index (χ4v) is 3.44. The minimum absolute atomic E-state index is 0.206. The normalized spacial score (nSPS) is 17.6. The number of urea groups is 1. The van der Waals surface area contributed by atoms with Crippen LogP contribution >= 0.6 is 0 Å². The van der Waals surface area contributed by atoms with Gasteiger partial charge in [0.15, 0.2) is 0 Å². The fraction of sp³-hybridized carbons (Fsp3) is 0.474. The number of rotatable bonds is 4. The monoisotopic (exact) mass is 369 g/mol. The molecule has 0 unspecified atom stereocenters. The molecule has 0 radical (unpaired) electrons. The summed E-state index contributed by atoms with van der Waals surface area (Å²) < 4.78 is 6.72. The molecule has 8 heteroatoms. The second kappa shape index (κ2) is 7.38. The molecule has 1 aromatic carbocycles. The molecule has 1 aliphatic heterocycles. The maximum absolute atomic E-state index is 12.6. The van der Waals surface area contributed by atoms with Crippen molar-refractivity contribution in [2.45, 2.75) is 37.6 Å². The van der Waals surface area contributed by atoms with Crippen molar-refractivity contribution in [2.24, 2.45) is 0 Å². The zero-order valence-corrected chi connectivity index (χ0v) is 15.3. The number of benzene rings is 1. The third-order valence-corrected chi connectivity index (χ3v) is 5.22. The van der Waals surface area contributed by atoms with Crippen molar-refractivity contribution >= 4 is 17.7 Å². The highest BCUT2D eigenvalue weighted by molar-refractivity contribution is 6.00. The number of para-hydroxylation sites is 1. The summed E-state index contributed by atoms with van der Waals surface area (Å²) in [4.78, 5) is 26.2. The first kappa shape index (κ1) is 17.5. The molecule has 2 fully saturated rings. The highest BCUT2D eigenvalue weighted by Crippen LogP contribution is 2.39. The van der Waals surface area contributed by atoms with E-state index in [9.17, 15) is 9.59 Å². The van der Waals surface area contributed by atoms with E-state index in [1.54, 1.807) is 29.2 Å². The van der Waals surface area contributed by atoms with Gasteiger partial charge in [-0.3, -0.25) is 0 Å². The Morgan fingerprint density at radius 1 is 1.15 bits per heavy atom. The number of piperidine rings is 1. The third-order valence-electron chi connectivity index (χ3n) is 5.22. The minimum Gasteiger partial charge on any atom is -0.465 e. The molecule has 142 valence electrons. The number of ether oxygens (including phenoxy) is 1. The van der Waals surface area contributed by atoms with Gasteiger partial charge in [-0.25, -0.2) is 14.3 Å². The van der Waals surface area contributed by atoms with Gasteiger partial charge in [-0.15, -0.1) is 5.10 Å². The van der Waals surface area contributed by atoms with Crippen LogP contribution in [0.25, 0.3) is 0 Å². The average Bonchev–Trinajstić information content (AvgIpc) is 3.44. The SMILES string of the molecule is COC(=O)c1ccccc1NC(=O)N1CCC(n2cc(C3CC3)nn2)CC1. The first-order valence-electron chi connectivity index (χ1n) is 9.30. The number of carbonyl (C=O) groups is 2. The van der Waals surface area contributed by atoms with Crippen molar-refractivity contribution in [2.75, 3.05) is 25.5 Å². The Kier molecular flexibility index (Phi) is 4.79. The van der Waals surface area contributed by atoms with Crippen molar-refractivity contribution in [1.29, 1.82) is 0 Å². The predicted octanol–water partition coefficient (Wildman–Crippen LogP) is 2.81. The van der Waals surface area contributed by atoms with Crippen molar-refractivity contribution < 1.29 is 14.3 Å². The van der Waals surface area contributed by atoms with Crippen molar-refractivity contribution in [3.05, 3.63) is 41.7 Å². The van der Waals surface area contributed by atoms with Crippen molar-refractivity contribution in [1.82, 2.24) is 19.9 Å². The van der Waals surface area contributed by atoms with Crippen LogP contribution in [-0.4, -0.2) is 52.1 Å². The summed E-state index contributed by atoms with van der Waals surface area (Å²) in [7, 11) is 1.32. The Bertz CT molecular complexity index is 837. The smallest absolute Gasteiger partial charge is 0.339 e. The molecule has 1 aliphatic carbocycles. The van der Waals surface area contributed by atoms with Gasteiger partial charge in [0.05, 0.1) is 30.1 Å². The van der Waals surface area contributed by atoms with E-state index in [1.165, 1.54) is 20.0 Å². The Hall–Kier alpha value is -2.90. The number of nitrogens with zero attached hydrogens (tertiary/aromatic N) is 4. The maximum atomic E-state index is 12.6. The molecule has 2 aliphatic rings. The zero-order valence-electron chi connectivity index (χ0n) is 15.3.